The number of fused-ring (bicyclic) bond motifs is 1. The van der Waals surface area contributed by atoms with Gasteiger partial charge in [0.15, 0.2) is 0 Å². The molecular formula is C35H42ClN7O3. The van der Waals surface area contributed by atoms with E-state index in [-0.39, 0.29) is 42.6 Å². The summed E-state index contributed by atoms with van der Waals surface area (Å²) in [5.74, 6) is -0.622. The van der Waals surface area contributed by atoms with E-state index in [4.69, 9.17) is 11.5 Å². The molecule has 2 aromatic heterocycles. The van der Waals surface area contributed by atoms with E-state index in [0.717, 1.165) is 65.4 Å². The number of benzene rings is 2. The lowest BCUT2D eigenvalue weighted by molar-refractivity contribution is -0.130. The molecular weight excluding hydrogens is 602 g/mol. The van der Waals surface area contributed by atoms with E-state index >= 15 is 0 Å². The van der Waals surface area contributed by atoms with Gasteiger partial charge in [-0.3, -0.25) is 19.5 Å². The summed E-state index contributed by atoms with van der Waals surface area (Å²) in [6, 6.07) is 16.2. The Hall–Kier alpha value is -4.12. The topological polar surface area (TPSA) is 160 Å². The Morgan fingerprint density at radius 1 is 1.00 bits per heavy atom. The van der Waals surface area contributed by atoms with Crippen LogP contribution < -0.4 is 21.7 Å². The van der Waals surface area contributed by atoms with Gasteiger partial charge in [0.1, 0.15) is 5.69 Å². The zero-order valence-corrected chi connectivity index (χ0v) is 26.9. The number of amides is 3. The second kappa shape index (κ2) is 14.5. The molecule has 10 nitrogen and oxygen atoms in total. The predicted molar refractivity (Wildman–Crippen MR) is 182 cm³/mol. The standard InChI is InChI=1S/C35H41N7O3.ClH/c1-21-29(15-16-31(39-21)33(43)40-27-3-2-4-27)24-9-5-22(6-10-24)17-30(37)35(45)42(28-14-13-26-20-38-41-32(26)18-28)34(44)25-11-7-23(19-36)8-12-25;/h5-6,9-10,13-16,18,20,23,25,27,30H,2-4,7-8,11-12,17,19,36-37H2,1H3,(H,38,41)(H,40,43);1H/t23-,25-,30-;/m0./s1. The Morgan fingerprint density at radius 2 is 1.74 bits per heavy atom. The van der Waals surface area contributed by atoms with Gasteiger partial charge < -0.3 is 16.8 Å². The van der Waals surface area contributed by atoms with E-state index in [1.54, 1.807) is 24.4 Å². The minimum absolute atomic E-state index is 0. The molecule has 0 unspecified atom stereocenters. The number of rotatable bonds is 9. The second-order valence-electron chi connectivity index (χ2n) is 12.5. The number of carbonyl (C=O) groups excluding carboxylic acids is 3. The van der Waals surface area contributed by atoms with E-state index in [1.807, 2.05) is 43.3 Å². The van der Waals surface area contributed by atoms with Crippen molar-refractivity contribution < 1.29 is 14.4 Å². The van der Waals surface area contributed by atoms with Crippen molar-refractivity contribution in [3.63, 3.8) is 0 Å². The van der Waals surface area contributed by atoms with Crippen molar-refractivity contribution in [2.45, 2.75) is 70.4 Å². The number of imide groups is 1. The zero-order valence-electron chi connectivity index (χ0n) is 26.1. The minimum atomic E-state index is -0.922. The molecule has 2 aliphatic rings. The number of aromatic amines is 1. The zero-order chi connectivity index (χ0) is 31.5. The molecule has 6 rings (SSSR count). The Balaban J connectivity index is 0.00000417. The van der Waals surface area contributed by atoms with Crippen LogP contribution in [0, 0.1) is 18.8 Å². The van der Waals surface area contributed by atoms with Crippen LogP contribution in [0.1, 0.15) is 66.7 Å². The lowest BCUT2D eigenvalue weighted by Crippen LogP contribution is -2.50. The first-order valence-electron chi connectivity index (χ1n) is 15.9. The normalized spacial score (nSPS) is 18.7. The molecule has 242 valence electrons. The number of nitrogens with two attached hydrogens (primary N) is 2. The van der Waals surface area contributed by atoms with Gasteiger partial charge in [-0.1, -0.05) is 30.3 Å². The molecule has 2 aromatic carbocycles. The summed E-state index contributed by atoms with van der Waals surface area (Å²) in [5.41, 5.74) is 17.6. The highest BCUT2D eigenvalue weighted by molar-refractivity contribution is 6.17. The Bertz CT molecular complexity index is 1690. The van der Waals surface area contributed by atoms with Crippen LogP contribution in [0.5, 0.6) is 0 Å². The molecule has 1 atom stereocenters. The summed E-state index contributed by atoms with van der Waals surface area (Å²) in [5, 5.41) is 10.9. The van der Waals surface area contributed by atoms with Gasteiger partial charge in [0.05, 0.1) is 23.4 Å². The molecule has 11 heteroatoms. The highest BCUT2D eigenvalue weighted by Crippen LogP contribution is 2.32. The van der Waals surface area contributed by atoms with Crippen molar-refractivity contribution >= 4 is 46.7 Å². The molecule has 4 aromatic rings. The van der Waals surface area contributed by atoms with Gasteiger partial charge in [0.25, 0.3) is 11.8 Å². The number of hydrogen-bond acceptors (Lipinski definition) is 7. The summed E-state index contributed by atoms with van der Waals surface area (Å²) >= 11 is 0. The smallest absolute Gasteiger partial charge is 0.270 e. The van der Waals surface area contributed by atoms with Crippen LogP contribution in [-0.2, 0) is 16.0 Å². The number of aromatic nitrogens is 3. The average Bonchev–Trinajstić information content (AvgIpc) is 3.51. The highest BCUT2D eigenvalue weighted by Gasteiger charge is 2.35. The first-order chi connectivity index (χ1) is 21.8. The van der Waals surface area contributed by atoms with Gasteiger partial charge in [0.2, 0.25) is 5.91 Å². The Kier molecular flexibility index (Phi) is 10.5. The van der Waals surface area contributed by atoms with Gasteiger partial charge in [-0.2, -0.15) is 5.10 Å². The van der Waals surface area contributed by atoms with E-state index in [9.17, 15) is 14.4 Å². The largest absolute Gasteiger partial charge is 0.348 e. The van der Waals surface area contributed by atoms with Gasteiger partial charge in [-0.25, -0.2) is 9.88 Å². The molecule has 2 fully saturated rings. The maximum absolute atomic E-state index is 13.9. The molecule has 2 saturated carbocycles. The average molecular weight is 644 g/mol. The third kappa shape index (κ3) is 7.14. The third-order valence-electron chi connectivity index (χ3n) is 9.45. The van der Waals surface area contributed by atoms with Gasteiger partial charge >= 0.3 is 0 Å². The fourth-order valence-corrected chi connectivity index (χ4v) is 6.39. The highest BCUT2D eigenvalue weighted by atomic mass is 35.5. The molecule has 0 saturated heterocycles. The SMILES string of the molecule is Cc1nc(C(=O)NC2CCC2)ccc1-c1ccc(C[C@H](N)C(=O)N(c2ccc3cn[nH]c3c2)C(=O)[C@H]2CC[C@H](CN)CC2)cc1.Cl. The first kappa shape index (κ1) is 33.2. The summed E-state index contributed by atoms with van der Waals surface area (Å²) in [6.45, 7) is 2.51. The molecule has 0 radical (unpaired) electrons. The predicted octanol–water partition coefficient (Wildman–Crippen LogP) is 4.83. The lowest BCUT2D eigenvalue weighted by Gasteiger charge is -2.32. The van der Waals surface area contributed by atoms with Crippen LogP contribution in [0.4, 0.5) is 5.69 Å². The van der Waals surface area contributed by atoms with Crippen LogP contribution >= 0.6 is 12.4 Å². The summed E-state index contributed by atoms with van der Waals surface area (Å²) < 4.78 is 0. The number of halogens is 1. The number of pyridine rings is 1. The number of nitrogens with one attached hydrogen (secondary N) is 2. The first-order valence-corrected chi connectivity index (χ1v) is 15.9. The monoisotopic (exact) mass is 643 g/mol. The summed E-state index contributed by atoms with van der Waals surface area (Å²) in [6.07, 6.45) is 8.33. The van der Waals surface area contributed by atoms with E-state index < -0.39 is 11.9 Å². The molecule has 0 bridgehead atoms. The maximum Gasteiger partial charge on any atom is 0.270 e. The number of H-pyrrole nitrogens is 1. The number of hydrogen-bond donors (Lipinski definition) is 4. The van der Waals surface area contributed by atoms with Crippen LogP contribution in [0.3, 0.4) is 0 Å². The maximum atomic E-state index is 13.9. The fourth-order valence-electron chi connectivity index (χ4n) is 6.39. The van der Waals surface area contributed by atoms with E-state index in [1.165, 1.54) is 4.90 Å². The number of aryl methyl sites for hydroxylation is 1. The van der Waals surface area contributed by atoms with Crippen LogP contribution in [-0.4, -0.2) is 51.5 Å². The van der Waals surface area contributed by atoms with Crippen molar-refractivity contribution in [3.05, 3.63) is 77.7 Å². The van der Waals surface area contributed by atoms with Crippen molar-refractivity contribution in [2.24, 2.45) is 23.3 Å². The van der Waals surface area contributed by atoms with E-state index in [2.05, 4.69) is 20.5 Å². The van der Waals surface area contributed by atoms with Gasteiger partial charge in [-0.15, -0.1) is 12.4 Å². The van der Waals surface area contributed by atoms with Crippen molar-refractivity contribution in [1.29, 1.82) is 0 Å². The minimum Gasteiger partial charge on any atom is -0.348 e. The van der Waals surface area contributed by atoms with Crippen LogP contribution in [0.15, 0.2) is 60.8 Å². The third-order valence-corrected chi connectivity index (χ3v) is 9.45. The van der Waals surface area contributed by atoms with Gasteiger partial charge in [0, 0.05) is 28.6 Å². The van der Waals surface area contributed by atoms with Crippen LogP contribution in [0.2, 0.25) is 0 Å². The summed E-state index contributed by atoms with van der Waals surface area (Å²) in [4.78, 5) is 46.2. The molecule has 2 heterocycles. The summed E-state index contributed by atoms with van der Waals surface area (Å²) in [7, 11) is 0. The van der Waals surface area contributed by atoms with Gasteiger partial charge in [-0.05, 0) is 106 Å². The number of anilines is 1. The van der Waals surface area contributed by atoms with E-state index in [0.29, 0.717) is 36.7 Å². The van der Waals surface area contributed by atoms with Crippen LogP contribution in [0.25, 0.3) is 22.0 Å². The fraction of sp³-hybridized carbons (Fsp3) is 0.400. The lowest BCUT2D eigenvalue weighted by atomic mass is 9.81. The second-order valence-corrected chi connectivity index (χ2v) is 12.5. The molecule has 2 aliphatic carbocycles. The van der Waals surface area contributed by atoms with Crippen molar-refractivity contribution in [3.8, 4) is 11.1 Å². The molecule has 0 aliphatic heterocycles. The molecule has 0 spiro atoms. The molecule has 46 heavy (non-hydrogen) atoms. The quantitative estimate of drug-likeness (QED) is 0.203. The Morgan fingerprint density at radius 3 is 2.39 bits per heavy atom. The Labute approximate surface area is 275 Å². The molecule has 3 amide bonds. The van der Waals surface area contributed by atoms with Crippen molar-refractivity contribution in [2.75, 3.05) is 11.4 Å². The number of nitrogens with zero attached hydrogens (tertiary/aromatic N) is 3. The number of carbonyl (C=O) groups is 3. The molecule has 6 N–H and O–H groups in total. The van der Waals surface area contributed by atoms with Crippen molar-refractivity contribution in [1.82, 2.24) is 20.5 Å².